The van der Waals surface area contributed by atoms with E-state index >= 15 is 0 Å². The number of carbonyl (C=O) groups excluding carboxylic acids is 2. The van der Waals surface area contributed by atoms with Crippen molar-refractivity contribution in [3.05, 3.63) is 29.8 Å². The maximum absolute atomic E-state index is 12.1. The van der Waals surface area contributed by atoms with Gasteiger partial charge in [0.05, 0.1) is 6.54 Å². The lowest BCUT2D eigenvalue weighted by atomic mass is 10.1. The predicted molar refractivity (Wildman–Crippen MR) is 101 cm³/mol. The van der Waals surface area contributed by atoms with Crippen LogP contribution in [0.1, 0.15) is 68.6 Å². The van der Waals surface area contributed by atoms with Gasteiger partial charge in [0.2, 0.25) is 5.91 Å². The van der Waals surface area contributed by atoms with Crippen molar-refractivity contribution in [2.45, 2.75) is 58.3 Å². The van der Waals surface area contributed by atoms with Gasteiger partial charge in [-0.05, 0) is 32.6 Å². The van der Waals surface area contributed by atoms with Crippen LogP contribution >= 0.6 is 0 Å². The van der Waals surface area contributed by atoms with Gasteiger partial charge in [-0.1, -0.05) is 57.6 Å². The molecule has 1 rings (SSSR count). The summed E-state index contributed by atoms with van der Waals surface area (Å²) in [4.78, 5) is 25.9. The molecule has 0 saturated carbocycles. The fraction of sp³-hybridized carbons (Fsp3) is 0.600. The van der Waals surface area contributed by atoms with Gasteiger partial charge in [0, 0.05) is 17.7 Å². The third-order valence-electron chi connectivity index (χ3n) is 3.94. The molecular weight excluding hydrogens is 300 g/mol. The minimum Gasteiger partial charge on any atom is -0.326 e. The molecule has 0 aliphatic heterocycles. The summed E-state index contributed by atoms with van der Waals surface area (Å²) in [6, 6.07) is 7.19. The van der Waals surface area contributed by atoms with E-state index in [9.17, 15) is 9.59 Å². The highest BCUT2D eigenvalue weighted by Crippen LogP contribution is 2.13. The third-order valence-corrected chi connectivity index (χ3v) is 3.94. The van der Waals surface area contributed by atoms with Gasteiger partial charge >= 0.3 is 0 Å². The molecule has 0 aromatic heterocycles. The van der Waals surface area contributed by atoms with Crippen molar-refractivity contribution in [3.63, 3.8) is 0 Å². The molecule has 1 aromatic rings. The fourth-order valence-corrected chi connectivity index (χ4v) is 2.62. The van der Waals surface area contributed by atoms with Gasteiger partial charge < -0.3 is 10.2 Å². The van der Waals surface area contributed by atoms with Crippen LogP contribution in [0.4, 0.5) is 5.69 Å². The quantitative estimate of drug-likeness (QED) is 0.452. The summed E-state index contributed by atoms with van der Waals surface area (Å²) >= 11 is 0. The van der Waals surface area contributed by atoms with E-state index in [0.29, 0.717) is 24.2 Å². The van der Waals surface area contributed by atoms with E-state index in [1.807, 2.05) is 31.1 Å². The highest BCUT2D eigenvalue weighted by atomic mass is 16.1. The van der Waals surface area contributed by atoms with Gasteiger partial charge in [0.15, 0.2) is 5.78 Å². The van der Waals surface area contributed by atoms with E-state index in [0.717, 1.165) is 12.8 Å². The van der Waals surface area contributed by atoms with Crippen LogP contribution in [0.2, 0.25) is 0 Å². The maximum Gasteiger partial charge on any atom is 0.224 e. The lowest BCUT2D eigenvalue weighted by molar-refractivity contribution is -0.116. The van der Waals surface area contributed by atoms with Crippen LogP contribution in [0.5, 0.6) is 0 Å². The fourth-order valence-electron chi connectivity index (χ4n) is 2.62. The largest absolute Gasteiger partial charge is 0.326 e. The lowest BCUT2D eigenvalue weighted by Gasteiger charge is -2.10. The van der Waals surface area contributed by atoms with E-state index in [-0.39, 0.29) is 11.7 Å². The molecule has 0 aliphatic carbocycles. The van der Waals surface area contributed by atoms with Crippen LogP contribution in [-0.4, -0.2) is 37.2 Å². The van der Waals surface area contributed by atoms with Crippen molar-refractivity contribution in [2.75, 3.05) is 26.0 Å². The first-order valence-electron chi connectivity index (χ1n) is 9.10. The second kappa shape index (κ2) is 11.8. The monoisotopic (exact) mass is 332 g/mol. The number of benzene rings is 1. The van der Waals surface area contributed by atoms with Crippen LogP contribution in [0.15, 0.2) is 24.3 Å². The van der Waals surface area contributed by atoms with E-state index in [2.05, 4.69) is 12.2 Å². The SMILES string of the molecule is CCCCCCCCCC(=O)Nc1cccc(C(=O)CN(C)C)c1. The number of amides is 1. The second-order valence-electron chi connectivity index (χ2n) is 6.66. The Morgan fingerprint density at radius 1 is 1.00 bits per heavy atom. The van der Waals surface area contributed by atoms with Crippen LogP contribution in [-0.2, 0) is 4.79 Å². The number of Topliss-reactive ketones (excluding diaryl/α,β-unsaturated/α-hetero) is 1. The van der Waals surface area contributed by atoms with E-state index in [1.165, 1.54) is 32.1 Å². The second-order valence-corrected chi connectivity index (χ2v) is 6.66. The average molecular weight is 332 g/mol. The Morgan fingerprint density at radius 2 is 1.67 bits per heavy atom. The summed E-state index contributed by atoms with van der Waals surface area (Å²) in [6.07, 6.45) is 8.94. The molecule has 1 aromatic carbocycles. The summed E-state index contributed by atoms with van der Waals surface area (Å²) in [5, 5.41) is 2.90. The van der Waals surface area contributed by atoms with Crippen molar-refractivity contribution >= 4 is 17.4 Å². The normalized spacial score (nSPS) is 10.8. The molecule has 0 bridgehead atoms. The van der Waals surface area contributed by atoms with Crippen molar-refractivity contribution in [2.24, 2.45) is 0 Å². The zero-order valence-electron chi connectivity index (χ0n) is 15.4. The zero-order chi connectivity index (χ0) is 17.8. The molecule has 24 heavy (non-hydrogen) atoms. The standard InChI is InChI=1S/C20H32N2O2/c1-4-5-6-7-8-9-10-14-20(24)21-18-13-11-12-17(15-18)19(23)16-22(2)3/h11-13,15H,4-10,14,16H2,1-3H3,(H,21,24). The number of carbonyl (C=O) groups is 2. The van der Waals surface area contributed by atoms with Crippen molar-refractivity contribution < 1.29 is 9.59 Å². The molecule has 1 N–H and O–H groups in total. The number of nitrogens with one attached hydrogen (secondary N) is 1. The molecule has 0 atom stereocenters. The molecule has 0 radical (unpaired) electrons. The third kappa shape index (κ3) is 8.82. The molecule has 0 saturated heterocycles. The molecule has 0 heterocycles. The molecule has 4 nitrogen and oxygen atoms in total. The molecule has 0 fully saturated rings. The van der Waals surface area contributed by atoms with Gasteiger partial charge in [-0.3, -0.25) is 9.59 Å². The minimum atomic E-state index is 0.0285. The highest BCUT2D eigenvalue weighted by Gasteiger charge is 2.09. The molecule has 0 unspecified atom stereocenters. The van der Waals surface area contributed by atoms with E-state index in [1.54, 1.807) is 12.1 Å². The van der Waals surface area contributed by atoms with Crippen LogP contribution in [0, 0.1) is 0 Å². The van der Waals surface area contributed by atoms with Crippen LogP contribution < -0.4 is 5.32 Å². The number of nitrogens with zero attached hydrogens (tertiary/aromatic N) is 1. The smallest absolute Gasteiger partial charge is 0.224 e. The predicted octanol–water partition coefficient (Wildman–Crippen LogP) is 4.51. The Labute approximate surface area is 146 Å². The summed E-state index contributed by atoms with van der Waals surface area (Å²) < 4.78 is 0. The Hall–Kier alpha value is -1.68. The Kier molecular flexibility index (Phi) is 10.0. The number of anilines is 1. The highest BCUT2D eigenvalue weighted by molar-refractivity contribution is 5.99. The Bertz CT molecular complexity index is 512. The van der Waals surface area contributed by atoms with Crippen molar-refractivity contribution in [1.29, 1.82) is 0 Å². The Balaban J connectivity index is 2.32. The maximum atomic E-state index is 12.1. The van der Waals surface area contributed by atoms with Crippen molar-refractivity contribution in [3.8, 4) is 0 Å². The summed E-state index contributed by atoms with van der Waals surface area (Å²) in [5.41, 5.74) is 1.34. The first-order valence-corrected chi connectivity index (χ1v) is 9.10. The van der Waals surface area contributed by atoms with Gasteiger partial charge in [0.25, 0.3) is 0 Å². The van der Waals surface area contributed by atoms with Gasteiger partial charge in [-0.25, -0.2) is 0 Å². The first-order chi connectivity index (χ1) is 11.5. The van der Waals surface area contributed by atoms with Gasteiger partial charge in [0.1, 0.15) is 0 Å². The average Bonchev–Trinajstić information content (AvgIpc) is 2.53. The summed E-state index contributed by atoms with van der Waals surface area (Å²) in [7, 11) is 3.73. The summed E-state index contributed by atoms with van der Waals surface area (Å²) in [6.45, 7) is 2.59. The molecule has 134 valence electrons. The van der Waals surface area contributed by atoms with E-state index < -0.39 is 0 Å². The molecule has 0 aliphatic rings. The number of hydrogen-bond acceptors (Lipinski definition) is 3. The molecule has 4 heteroatoms. The minimum absolute atomic E-state index is 0.0285. The van der Waals surface area contributed by atoms with Gasteiger partial charge in [-0.2, -0.15) is 0 Å². The van der Waals surface area contributed by atoms with E-state index in [4.69, 9.17) is 0 Å². The number of likely N-dealkylation sites (N-methyl/N-ethyl adjacent to an activating group) is 1. The topological polar surface area (TPSA) is 49.4 Å². The van der Waals surface area contributed by atoms with Gasteiger partial charge in [-0.15, -0.1) is 0 Å². The van der Waals surface area contributed by atoms with Crippen LogP contribution in [0.25, 0.3) is 0 Å². The summed E-state index contributed by atoms with van der Waals surface area (Å²) in [5.74, 6) is 0.0870. The molecular formula is C20H32N2O2. The molecule has 0 spiro atoms. The lowest BCUT2D eigenvalue weighted by Crippen LogP contribution is -2.21. The number of hydrogen-bond donors (Lipinski definition) is 1. The van der Waals surface area contributed by atoms with Crippen molar-refractivity contribution in [1.82, 2.24) is 4.90 Å². The molecule has 1 amide bonds. The zero-order valence-corrected chi connectivity index (χ0v) is 15.4. The number of unbranched alkanes of at least 4 members (excludes halogenated alkanes) is 6. The Morgan fingerprint density at radius 3 is 2.33 bits per heavy atom. The number of rotatable bonds is 12. The van der Waals surface area contributed by atoms with Crippen LogP contribution in [0.3, 0.4) is 0 Å². The number of ketones is 1. The first kappa shape index (κ1) is 20.4.